The molecule has 4 rings (SSSR count). The molecule has 2 aromatic heterocycles. The molecular formula is C16H18N6O2. The van der Waals surface area contributed by atoms with Gasteiger partial charge in [0.15, 0.2) is 0 Å². The average molecular weight is 326 g/mol. The SMILES string of the molecule is Nc1nccnc1[C@@H]1CN(C(=O)c2cnc(C3CC3)nc2)CCO1. The summed E-state index contributed by atoms with van der Waals surface area (Å²) in [6, 6.07) is 0. The zero-order valence-corrected chi connectivity index (χ0v) is 13.1. The molecule has 0 unspecified atom stereocenters. The fraction of sp³-hybridized carbons (Fsp3) is 0.438. The number of nitrogens with zero attached hydrogens (tertiary/aromatic N) is 5. The van der Waals surface area contributed by atoms with Crippen molar-refractivity contribution in [3.05, 3.63) is 41.9 Å². The van der Waals surface area contributed by atoms with Crippen LogP contribution >= 0.6 is 0 Å². The number of nitrogens with two attached hydrogens (primary N) is 1. The lowest BCUT2D eigenvalue weighted by molar-refractivity contribution is -0.0245. The van der Waals surface area contributed by atoms with E-state index < -0.39 is 0 Å². The summed E-state index contributed by atoms with van der Waals surface area (Å²) in [5.41, 5.74) is 6.92. The predicted octanol–water partition coefficient (Wildman–Crippen LogP) is 0.940. The number of carbonyl (C=O) groups is 1. The van der Waals surface area contributed by atoms with Gasteiger partial charge in [0.1, 0.15) is 23.4 Å². The van der Waals surface area contributed by atoms with Gasteiger partial charge in [0, 0.05) is 37.3 Å². The molecule has 1 aliphatic heterocycles. The third kappa shape index (κ3) is 2.92. The Hall–Kier alpha value is -2.61. The number of rotatable bonds is 3. The van der Waals surface area contributed by atoms with Crippen LogP contribution in [0.15, 0.2) is 24.8 Å². The summed E-state index contributed by atoms with van der Waals surface area (Å²) in [6.07, 6.45) is 8.23. The van der Waals surface area contributed by atoms with Gasteiger partial charge in [-0.15, -0.1) is 0 Å². The topological polar surface area (TPSA) is 107 Å². The maximum absolute atomic E-state index is 12.7. The number of aromatic nitrogens is 4. The van der Waals surface area contributed by atoms with E-state index in [1.165, 1.54) is 6.20 Å². The van der Waals surface area contributed by atoms with Gasteiger partial charge in [-0.05, 0) is 12.8 Å². The van der Waals surface area contributed by atoms with Gasteiger partial charge in [-0.1, -0.05) is 0 Å². The van der Waals surface area contributed by atoms with Crippen molar-refractivity contribution in [3.8, 4) is 0 Å². The van der Waals surface area contributed by atoms with Gasteiger partial charge >= 0.3 is 0 Å². The van der Waals surface area contributed by atoms with Crippen LogP contribution in [0.25, 0.3) is 0 Å². The van der Waals surface area contributed by atoms with Crippen molar-refractivity contribution in [2.45, 2.75) is 24.9 Å². The maximum Gasteiger partial charge on any atom is 0.257 e. The Morgan fingerprint density at radius 1 is 1.17 bits per heavy atom. The Labute approximate surface area is 139 Å². The molecule has 1 aliphatic carbocycles. The molecule has 0 aromatic carbocycles. The van der Waals surface area contributed by atoms with Crippen molar-refractivity contribution in [3.63, 3.8) is 0 Å². The predicted molar refractivity (Wildman–Crippen MR) is 85.0 cm³/mol. The summed E-state index contributed by atoms with van der Waals surface area (Å²) < 4.78 is 5.71. The molecule has 2 aromatic rings. The van der Waals surface area contributed by atoms with E-state index in [2.05, 4.69) is 19.9 Å². The molecule has 24 heavy (non-hydrogen) atoms. The van der Waals surface area contributed by atoms with Crippen molar-refractivity contribution in [2.75, 3.05) is 25.4 Å². The third-order valence-corrected chi connectivity index (χ3v) is 4.28. The summed E-state index contributed by atoms with van der Waals surface area (Å²) >= 11 is 0. The highest BCUT2D eigenvalue weighted by Crippen LogP contribution is 2.37. The molecule has 8 nitrogen and oxygen atoms in total. The fourth-order valence-corrected chi connectivity index (χ4v) is 2.79. The number of amides is 1. The van der Waals surface area contributed by atoms with Gasteiger partial charge in [0.2, 0.25) is 0 Å². The number of hydrogen-bond acceptors (Lipinski definition) is 7. The Balaban J connectivity index is 1.49. The molecule has 8 heteroatoms. The zero-order chi connectivity index (χ0) is 16.5. The molecule has 0 spiro atoms. The molecule has 0 radical (unpaired) electrons. The van der Waals surface area contributed by atoms with Gasteiger partial charge in [0.25, 0.3) is 5.91 Å². The quantitative estimate of drug-likeness (QED) is 0.894. The Morgan fingerprint density at radius 3 is 2.62 bits per heavy atom. The second-order valence-electron chi connectivity index (χ2n) is 6.04. The Bertz CT molecular complexity index is 746. The first-order valence-electron chi connectivity index (χ1n) is 8.01. The molecule has 2 N–H and O–H groups in total. The molecule has 1 saturated heterocycles. The van der Waals surface area contributed by atoms with Gasteiger partial charge in [-0.2, -0.15) is 0 Å². The number of anilines is 1. The smallest absolute Gasteiger partial charge is 0.257 e. The van der Waals surface area contributed by atoms with Crippen molar-refractivity contribution < 1.29 is 9.53 Å². The Kier molecular flexibility index (Phi) is 3.81. The molecule has 2 fully saturated rings. The second kappa shape index (κ2) is 6.12. The molecule has 2 aliphatic rings. The fourth-order valence-electron chi connectivity index (χ4n) is 2.79. The molecule has 1 amide bonds. The largest absolute Gasteiger partial charge is 0.382 e. The Morgan fingerprint density at radius 2 is 1.92 bits per heavy atom. The normalized spacial score (nSPS) is 20.8. The van der Waals surface area contributed by atoms with Crippen LogP contribution in [0.3, 0.4) is 0 Å². The van der Waals surface area contributed by atoms with E-state index in [-0.39, 0.29) is 12.0 Å². The van der Waals surface area contributed by atoms with Crippen LogP contribution < -0.4 is 5.73 Å². The summed E-state index contributed by atoms with van der Waals surface area (Å²) in [5.74, 6) is 1.53. The highest BCUT2D eigenvalue weighted by molar-refractivity contribution is 5.93. The number of ether oxygens (including phenoxy) is 1. The van der Waals surface area contributed by atoms with Crippen LogP contribution in [-0.4, -0.2) is 50.4 Å². The molecule has 3 heterocycles. The van der Waals surface area contributed by atoms with E-state index in [1.807, 2.05) is 0 Å². The van der Waals surface area contributed by atoms with Gasteiger partial charge in [-0.25, -0.2) is 15.0 Å². The van der Waals surface area contributed by atoms with Crippen molar-refractivity contribution in [1.82, 2.24) is 24.8 Å². The van der Waals surface area contributed by atoms with E-state index in [9.17, 15) is 4.79 Å². The lowest BCUT2D eigenvalue weighted by Gasteiger charge is -2.32. The standard InChI is InChI=1S/C16H18N6O2/c17-14-13(18-3-4-19-14)12-9-22(5-6-24-12)16(23)11-7-20-15(21-8-11)10-1-2-10/h3-4,7-8,10,12H,1-2,5-6,9H2,(H2,17,19)/t12-/m0/s1. The summed E-state index contributed by atoms with van der Waals surface area (Å²) in [6.45, 7) is 1.32. The highest BCUT2D eigenvalue weighted by Gasteiger charge is 2.30. The molecule has 124 valence electrons. The van der Waals surface area contributed by atoms with Gasteiger partial charge in [-0.3, -0.25) is 9.78 Å². The lowest BCUT2D eigenvalue weighted by Crippen LogP contribution is -2.42. The van der Waals surface area contributed by atoms with Crippen LogP contribution in [0.4, 0.5) is 5.82 Å². The highest BCUT2D eigenvalue weighted by atomic mass is 16.5. The average Bonchev–Trinajstić information content (AvgIpc) is 3.47. The summed E-state index contributed by atoms with van der Waals surface area (Å²) in [4.78, 5) is 31.3. The van der Waals surface area contributed by atoms with Crippen molar-refractivity contribution in [1.29, 1.82) is 0 Å². The zero-order valence-electron chi connectivity index (χ0n) is 13.1. The molecule has 1 saturated carbocycles. The van der Waals surface area contributed by atoms with Gasteiger partial charge < -0.3 is 15.4 Å². The van der Waals surface area contributed by atoms with Crippen LogP contribution in [0.5, 0.6) is 0 Å². The number of morpholine rings is 1. The van der Waals surface area contributed by atoms with Gasteiger partial charge in [0.05, 0.1) is 18.7 Å². The first kappa shape index (κ1) is 14.9. The van der Waals surface area contributed by atoms with Crippen molar-refractivity contribution in [2.24, 2.45) is 0 Å². The monoisotopic (exact) mass is 326 g/mol. The minimum atomic E-state index is -0.372. The van der Waals surface area contributed by atoms with Crippen LogP contribution in [-0.2, 0) is 4.74 Å². The maximum atomic E-state index is 12.7. The lowest BCUT2D eigenvalue weighted by atomic mass is 10.1. The minimum absolute atomic E-state index is 0.104. The third-order valence-electron chi connectivity index (χ3n) is 4.28. The number of carbonyl (C=O) groups excluding carboxylic acids is 1. The van der Waals surface area contributed by atoms with Crippen LogP contribution in [0.2, 0.25) is 0 Å². The van der Waals surface area contributed by atoms with E-state index in [0.717, 1.165) is 18.7 Å². The summed E-state index contributed by atoms with van der Waals surface area (Å²) in [5, 5.41) is 0. The molecular weight excluding hydrogens is 308 g/mol. The summed E-state index contributed by atoms with van der Waals surface area (Å²) in [7, 11) is 0. The first-order valence-corrected chi connectivity index (χ1v) is 8.01. The van der Waals surface area contributed by atoms with Crippen molar-refractivity contribution >= 4 is 11.7 Å². The molecule has 1 atom stereocenters. The minimum Gasteiger partial charge on any atom is -0.382 e. The van der Waals surface area contributed by atoms with E-state index in [4.69, 9.17) is 10.5 Å². The van der Waals surface area contributed by atoms with E-state index in [1.54, 1.807) is 23.5 Å². The second-order valence-corrected chi connectivity index (χ2v) is 6.04. The number of nitrogen functional groups attached to an aromatic ring is 1. The van der Waals surface area contributed by atoms with Crippen LogP contribution in [0, 0.1) is 0 Å². The molecule has 0 bridgehead atoms. The van der Waals surface area contributed by atoms with E-state index in [0.29, 0.717) is 42.7 Å². The van der Waals surface area contributed by atoms with Crippen LogP contribution in [0.1, 0.15) is 46.7 Å². The first-order chi connectivity index (χ1) is 11.7. The number of hydrogen-bond donors (Lipinski definition) is 1. The van der Waals surface area contributed by atoms with E-state index >= 15 is 0 Å².